The second kappa shape index (κ2) is 5.75. The first kappa shape index (κ1) is 12.7. The van der Waals surface area contributed by atoms with Crippen molar-refractivity contribution in [3.8, 4) is 0 Å². The smallest absolute Gasteiger partial charge is 0.0534 e. The molecule has 0 aromatic carbocycles. The highest BCUT2D eigenvalue weighted by Gasteiger charge is 2.16. The minimum atomic E-state index is 0.180. The fourth-order valence-electron chi connectivity index (χ4n) is 2.10. The first-order chi connectivity index (χ1) is 8.70. The van der Waals surface area contributed by atoms with Gasteiger partial charge in [0.05, 0.1) is 6.20 Å². The minimum absolute atomic E-state index is 0.180. The van der Waals surface area contributed by atoms with Crippen LogP contribution in [0, 0.1) is 0 Å². The fourth-order valence-corrected chi connectivity index (χ4v) is 2.10. The summed E-state index contributed by atoms with van der Waals surface area (Å²) in [7, 11) is 3.99. The summed E-state index contributed by atoms with van der Waals surface area (Å²) in [6.45, 7) is 1.40. The molecule has 18 heavy (non-hydrogen) atoms. The Morgan fingerprint density at radius 3 is 2.83 bits per heavy atom. The first-order valence-electron chi connectivity index (χ1n) is 5.98. The van der Waals surface area contributed by atoms with Crippen LogP contribution in [0.3, 0.4) is 0 Å². The van der Waals surface area contributed by atoms with Crippen LogP contribution in [-0.4, -0.2) is 33.3 Å². The molecule has 0 saturated carbocycles. The average molecular weight is 245 g/mol. The maximum absolute atomic E-state index is 5.87. The van der Waals surface area contributed by atoms with Crippen LogP contribution in [0.5, 0.6) is 0 Å². The standard InChI is InChI=1S/C13H19N5/c1-17(9-11-7-16-18(2)10-11)13(6-14)12-4-3-5-15-8-12/h3-5,7-8,10,13H,6,9,14H2,1-2H3. The van der Waals surface area contributed by atoms with Crippen molar-refractivity contribution in [2.45, 2.75) is 12.6 Å². The van der Waals surface area contributed by atoms with Crippen LogP contribution in [0.25, 0.3) is 0 Å². The third-order valence-electron chi connectivity index (χ3n) is 3.01. The third-order valence-corrected chi connectivity index (χ3v) is 3.01. The van der Waals surface area contributed by atoms with Gasteiger partial charge in [-0.1, -0.05) is 6.07 Å². The van der Waals surface area contributed by atoms with Gasteiger partial charge < -0.3 is 5.73 Å². The van der Waals surface area contributed by atoms with Crippen LogP contribution in [0.15, 0.2) is 36.9 Å². The number of aryl methyl sites for hydroxylation is 1. The Labute approximate surface area is 107 Å². The summed E-state index contributed by atoms with van der Waals surface area (Å²) in [6, 6.07) is 4.18. The van der Waals surface area contributed by atoms with E-state index in [1.54, 1.807) is 6.20 Å². The molecule has 0 fully saturated rings. The highest BCUT2D eigenvalue weighted by Crippen LogP contribution is 2.18. The Hall–Kier alpha value is -1.72. The molecule has 0 aliphatic carbocycles. The Morgan fingerprint density at radius 1 is 1.44 bits per heavy atom. The Kier molecular flexibility index (Phi) is 4.07. The number of aromatic nitrogens is 3. The van der Waals surface area contributed by atoms with Gasteiger partial charge in [0.2, 0.25) is 0 Å². The summed E-state index contributed by atoms with van der Waals surface area (Å²) >= 11 is 0. The van der Waals surface area contributed by atoms with E-state index in [2.05, 4.69) is 28.1 Å². The molecule has 0 aliphatic heterocycles. The summed E-state index contributed by atoms with van der Waals surface area (Å²) in [5, 5.41) is 4.17. The molecule has 0 saturated heterocycles. The molecule has 2 aromatic heterocycles. The lowest BCUT2D eigenvalue weighted by Crippen LogP contribution is -2.30. The van der Waals surface area contributed by atoms with Crippen molar-refractivity contribution in [3.63, 3.8) is 0 Å². The summed E-state index contributed by atoms with van der Waals surface area (Å²) in [6.07, 6.45) is 7.55. The zero-order chi connectivity index (χ0) is 13.0. The maximum Gasteiger partial charge on any atom is 0.0534 e. The predicted molar refractivity (Wildman–Crippen MR) is 70.7 cm³/mol. The maximum atomic E-state index is 5.87. The fraction of sp³-hybridized carbons (Fsp3) is 0.385. The quantitative estimate of drug-likeness (QED) is 0.852. The number of hydrogen-bond acceptors (Lipinski definition) is 4. The van der Waals surface area contributed by atoms with E-state index in [0.29, 0.717) is 6.54 Å². The van der Waals surface area contributed by atoms with Crippen LogP contribution in [0.1, 0.15) is 17.2 Å². The van der Waals surface area contributed by atoms with Crippen molar-refractivity contribution in [1.82, 2.24) is 19.7 Å². The van der Waals surface area contributed by atoms with Gasteiger partial charge in [0.15, 0.2) is 0 Å². The topological polar surface area (TPSA) is 60.0 Å². The van der Waals surface area contributed by atoms with Gasteiger partial charge >= 0.3 is 0 Å². The first-order valence-corrected chi connectivity index (χ1v) is 5.98. The van der Waals surface area contributed by atoms with Crippen LogP contribution in [0.4, 0.5) is 0 Å². The Bertz CT molecular complexity index is 479. The number of pyridine rings is 1. The molecule has 2 aromatic rings. The molecule has 0 amide bonds. The lowest BCUT2D eigenvalue weighted by Gasteiger charge is -2.26. The SMILES string of the molecule is CN(Cc1cnn(C)c1)C(CN)c1cccnc1. The van der Waals surface area contributed by atoms with Gasteiger partial charge in [0, 0.05) is 50.3 Å². The van der Waals surface area contributed by atoms with Crippen molar-refractivity contribution in [1.29, 1.82) is 0 Å². The van der Waals surface area contributed by atoms with E-state index in [-0.39, 0.29) is 6.04 Å². The molecule has 96 valence electrons. The highest BCUT2D eigenvalue weighted by molar-refractivity contribution is 5.15. The molecule has 2 N–H and O–H groups in total. The zero-order valence-corrected chi connectivity index (χ0v) is 10.8. The Balaban J connectivity index is 2.08. The van der Waals surface area contributed by atoms with Gasteiger partial charge in [0.25, 0.3) is 0 Å². The summed E-state index contributed by atoms with van der Waals surface area (Å²) in [5.74, 6) is 0. The highest BCUT2D eigenvalue weighted by atomic mass is 15.2. The largest absolute Gasteiger partial charge is 0.329 e. The van der Waals surface area contributed by atoms with E-state index < -0.39 is 0 Å². The molecule has 0 bridgehead atoms. The van der Waals surface area contributed by atoms with Gasteiger partial charge in [0.1, 0.15) is 0 Å². The van der Waals surface area contributed by atoms with E-state index in [1.807, 2.05) is 36.4 Å². The van der Waals surface area contributed by atoms with Crippen molar-refractivity contribution in [2.75, 3.05) is 13.6 Å². The van der Waals surface area contributed by atoms with Crippen molar-refractivity contribution in [2.24, 2.45) is 12.8 Å². The van der Waals surface area contributed by atoms with Crippen molar-refractivity contribution < 1.29 is 0 Å². The van der Waals surface area contributed by atoms with E-state index >= 15 is 0 Å². The normalized spacial score (nSPS) is 12.9. The van der Waals surface area contributed by atoms with Gasteiger partial charge in [-0.2, -0.15) is 5.10 Å². The van der Waals surface area contributed by atoms with Gasteiger partial charge in [-0.25, -0.2) is 0 Å². The van der Waals surface area contributed by atoms with E-state index in [9.17, 15) is 0 Å². The summed E-state index contributed by atoms with van der Waals surface area (Å²) < 4.78 is 1.81. The van der Waals surface area contributed by atoms with Crippen LogP contribution >= 0.6 is 0 Å². The Morgan fingerprint density at radius 2 is 2.28 bits per heavy atom. The number of rotatable bonds is 5. The van der Waals surface area contributed by atoms with Gasteiger partial charge in [-0.15, -0.1) is 0 Å². The van der Waals surface area contributed by atoms with Gasteiger partial charge in [-0.05, 0) is 18.7 Å². The van der Waals surface area contributed by atoms with E-state index in [1.165, 1.54) is 5.56 Å². The molecule has 0 aliphatic rings. The molecule has 1 atom stereocenters. The van der Waals surface area contributed by atoms with E-state index in [0.717, 1.165) is 12.1 Å². The van der Waals surface area contributed by atoms with Gasteiger partial charge in [-0.3, -0.25) is 14.6 Å². The molecule has 0 radical (unpaired) electrons. The molecular formula is C13H19N5. The predicted octanol–water partition coefficient (Wildman–Crippen LogP) is 0.947. The minimum Gasteiger partial charge on any atom is -0.329 e. The second-order valence-electron chi connectivity index (χ2n) is 4.48. The number of nitrogens with zero attached hydrogens (tertiary/aromatic N) is 4. The van der Waals surface area contributed by atoms with Crippen LogP contribution in [0.2, 0.25) is 0 Å². The molecule has 2 rings (SSSR count). The molecule has 5 nitrogen and oxygen atoms in total. The van der Waals surface area contributed by atoms with Crippen LogP contribution in [-0.2, 0) is 13.6 Å². The number of likely N-dealkylation sites (N-methyl/N-ethyl adjacent to an activating group) is 1. The third kappa shape index (κ3) is 2.94. The lowest BCUT2D eigenvalue weighted by atomic mass is 10.1. The number of nitrogens with two attached hydrogens (primary N) is 1. The number of hydrogen-bond donors (Lipinski definition) is 1. The molecule has 1 unspecified atom stereocenters. The molecular weight excluding hydrogens is 226 g/mol. The molecule has 0 spiro atoms. The molecule has 5 heteroatoms. The van der Waals surface area contributed by atoms with E-state index in [4.69, 9.17) is 5.73 Å². The molecule has 2 heterocycles. The lowest BCUT2D eigenvalue weighted by molar-refractivity contribution is 0.241. The summed E-state index contributed by atoms with van der Waals surface area (Å²) in [5.41, 5.74) is 8.20. The van der Waals surface area contributed by atoms with Crippen molar-refractivity contribution in [3.05, 3.63) is 48.0 Å². The summed E-state index contributed by atoms with van der Waals surface area (Å²) in [4.78, 5) is 6.36. The van der Waals surface area contributed by atoms with Crippen LogP contribution < -0.4 is 5.73 Å². The zero-order valence-electron chi connectivity index (χ0n) is 10.8. The second-order valence-corrected chi connectivity index (χ2v) is 4.48. The average Bonchev–Trinajstić information content (AvgIpc) is 2.77. The van der Waals surface area contributed by atoms with Crippen molar-refractivity contribution >= 4 is 0 Å². The monoisotopic (exact) mass is 245 g/mol.